The van der Waals surface area contributed by atoms with E-state index in [-0.39, 0.29) is 29.2 Å². The maximum atomic E-state index is 13.5. The highest BCUT2D eigenvalue weighted by molar-refractivity contribution is 7.89. The Morgan fingerprint density at radius 3 is 2.58 bits per heavy atom. The van der Waals surface area contributed by atoms with Gasteiger partial charge in [-0.05, 0) is 67.3 Å². The summed E-state index contributed by atoms with van der Waals surface area (Å²) in [6, 6.07) is 10.3. The van der Waals surface area contributed by atoms with Gasteiger partial charge < -0.3 is 4.52 Å². The molecule has 38 heavy (non-hydrogen) atoms. The number of fused-ring (bicyclic) bond motifs is 2. The summed E-state index contributed by atoms with van der Waals surface area (Å²) in [5.74, 6) is 0.590. The van der Waals surface area contributed by atoms with Crippen LogP contribution >= 0.6 is 0 Å². The maximum absolute atomic E-state index is 13.5. The molecule has 194 valence electrons. The number of hydrogen-bond acceptors (Lipinski definition) is 8. The first-order valence-corrected chi connectivity index (χ1v) is 13.5. The first-order chi connectivity index (χ1) is 18.2. The van der Waals surface area contributed by atoms with Crippen molar-refractivity contribution in [2.45, 2.75) is 30.2 Å². The van der Waals surface area contributed by atoms with Crippen molar-refractivity contribution in [2.75, 3.05) is 13.1 Å². The zero-order valence-corrected chi connectivity index (χ0v) is 21.6. The van der Waals surface area contributed by atoms with E-state index in [0.717, 1.165) is 27.7 Å². The molecule has 1 saturated heterocycles. The van der Waals surface area contributed by atoms with E-state index in [2.05, 4.69) is 31.5 Å². The molecule has 2 fully saturated rings. The van der Waals surface area contributed by atoms with Crippen LogP contribution in [0, 0.1) is 25.6 Å². The molecule has 3 aromatic heterocycles. The second-order valence-electron chi connectivity index (χ2n) is 10.0. The van der Waals surface area contributed by atoms with Crippen molar-refractivity contribution in [1.29, 1.82) is 0 Å². The number of rotatable bonds is 5. The Morgan fingerprint density at radius 2 is 1.89 bits per heavy atom. The summed E-state index contributed by atoms with van der Waals surface area (Å²) >= 11 is 0. The standard InChI is InChI=1S/C25H23FN8O3S/c1-14-8-21-16(10-28-34(21)18-6-4-17(26)5-7-18)9-19(14)25-13-33(38(35,36)22-11-27-32(3)30-22)12-20(25)23(25)24-29-15(2)31-37-24/h4-11,20,23H,12-13H2,1-3H3/t20-,23+,25+/m1/s1. The Morgan fingerprint density at radius 1 is 1.11 bits per heavy atom. The fraction of sp³-hybridized carbons (Fsp3) is 0.320. The van der Waals surface area contributed by atoms with Gasteiger partial charge in [0.25, 0.3) is 10.0 Å². The second-order valence-corrected chi connectivity index (χ2v) is 11.9. The molecular formula is C25H23FN8O3S. The third kappa shape index (κ3) is 3.21. The molecule has 1 aliphatic heterocycles. The lowest BCUT2D eigenvalue weighted by Crippen LogP contribution is -2.35. The van der Waals surface area contributed by atoms with Gasteiger partial charge >= 0.3 is 0 Å². The molecule has 0 N–H and O–H groups in total. The Kier molecular flexibility index (Phi) is 4.74. The van der Waals surface area contributed by atoms with Crippen molar-refractivity contribution >= 4 is 20.9 Å². The number of benzene rings is 2. The average molecular weight is 535 g/mol. The van der Waals surface area contributed by atoms with Crippen molar-refractivity contribution in [3.05, 3.63) is 77.5 Å². The first kappa shape index (κ1) is 23.2. The first-order valence-electron chi connectivity index (χ1n) is 12.1. The van der Waals surface area contributed by atoms with Crippen LogP contribution in [0.15, 0.2) is 58.3 Å². The number of halogens is 1. The molecule has 2 aliphatic rings. The minimum absolute atomic E-state index is 0.0444. The van der Waals surface area contributed by atoms with E-state index in [4.69, 9.17) is 4.52 Å². The minimum atomic E-state index is -3.83. The van der Waals surface area contributed by atoms with Crippen LogP contribution in [0.3, 0.4) is 0 Å². The summed E-state index contributed by atoms with van der Waals surface area (Å²) in [6.45, 7) is 4.33. The molecule has 0 unspecified atom stereocenters. The normalized spacial score (nSPS) is 23.3. The molecule has 13 heteroatoms. The number of nitrogens with zero attached hydrogens (tertiary/aromatic N) is 8. The van der Waals surface area contributed by atoms with E-state index in [0.29, 0.717) is 18.3 Å². The highest BCUT2D eigenvalue weighted by Crippen LogP contribution is 2.70. The highest BCUT2D eigenvalue weighted by Gasteiger charge is 2.74. The van der Waals surface area contributed by atoms with Gasteiger partial charge in [0.05, 0.1) is 29.5 Å². The highest BCUT2D eigenvalue weighted by atomic mass is 32.2. The number of sulfonamides is 1. The van der Waals surface area contributed by atoms with Crippen molar-refractivity contribution in [3.63, 3.8) is 0 Å². The predicted molar refractivity (Wildman–Crippen MR) is 132 cm³/mol. The van der Waals surface area contributed by atoms with Crippen molar-refractivity contribution < 1.29 is 17.3 Å². The third-order valence-corrected chi connectivity index (χ3v) is 9.50. The summed E-state index contributed by atoms with van der Waals surface area (Å²) in [5.41, 5.74) is 3.09. The van der Waals surface area contributed by atoms with E-state index >= 15 is 0 Å². The van der Waals surface area contributed by atoms with Crippen molar-refractivity contribution in [1.82, 2.24) is 39.2 Å². The average Bonchev–Trinajstić information content (AvgIpc) is 3.48. The SMILES string of the molecule is Cc1noc([C@@H]2[C@H]3CN(S(=O)(=O)c4cnn(C)n4)C[C@]32c2cc3cnn(-c4ccc(F)cc4)c3cc2C)n1. The fourth-order valence-corrected chi connectivity index (χ4v) is 7.50. The lowest BCUT2D eigenvalue weighted by Gasteiger charge is -2.23. The topological polar surface area (TPSA) is 125 Å². The molecule has 7 rings (SSSR count). The summed E-state index contributed by atoms with van der Waals surface area (Å²) in [4.78, 5) is 5.74. The van der Waals surface area contributed by atoms with Crippen molar-refractivity contribution in [3.8, 4) is 5.69 Å². The molecule has 4 heterocycles. The van der Waals surface area contributed by atoms with Crippen LogP contribution in [0.1, 0.15) is 28.8 Å². The summed E-state index contributed by atoms with van der Waals surface area (Å²) in [7, 11) is -2.25. The van der Waals surface area contributed by atoms with Crippen LogP contribution in [0.25, 0.3) is 16.6 Å². The third-order valence-electron chi connectivity index (χ3n) is 7.83. The Bertz CT molecular complexity index is 1830. The van der Waals surface area contributed by atoms with E-state index in [9.17, 15) is 12.8 Å². The van der Waals surface area contributed by atoms with Crippen LogP contribution in [-0.4, -0.2) is 60.7 Å². The van der Waals surface area contributed by atoms with Gasteiger partial charge in [-0.2, -0.15) is 24.3 Å². The smallest absolute Gasteiger partial charge is 0.264 e. The van der Waals surface area contributed by atoms with E-state index in [1.54, 1.807) is 37.0 Å². The minimum Gasteiger partial charge on any atom is -0.339 e. The number of aryl methyl sites for hydroxylation is 3. The van der Waals surface area contributed by atoms with Crippen LogP contribution < -0.4 is 0 Å². The van der Waals surface area contributed by atoms with Crippen LogP contribution in [0.5, 0.6) is 0 Å². The second kappa shape index (κ2) is 7.77. The molecule has 1 aliphatic carbocycles. The molecule has 3 atom stereocenters. The van der Waals surface area contributed by atoms with Crippen molar-refractivity contribution in [2.24, 2.45) is 13.0 Å². The Labute approximate surface area is 216 Å². The lowest BCUT2D eigenvalue weighted by molar-refractivity contribution is 0.345. The van der Waals surface area contributed by atoms with Crippen LogP contribution in [-0.2, 0) is 22.5 Å². The van der Waals surface area contributed by atoms with E-state index < -0.39 is 15.4 Å². The maximum Gasteiger partial charge on any atom is 0.264 e. The van der Waals surface area contributed by atoms with Gasteiger partial charge in [-0.1, -0.05) is 5.16 Å². The van der Waals surface area contributed by atoms with E-state index in [1.807, 2.05) is 13.0 Å². The zero-order chi connectivity index (χ0) is 26.4. The van der Waals surface area contributed by atoms with Gasteiger partial charge in [-0.15, -0.1) is 5.10 Å². The summed E-state index contributed by atoms with van der Waals surface area (Å²) in [5, 5.41) is 17.3. The van der Waals surface area contributed by atoms with Gasteiger partial charge in [0, 0.05) is 30.9 Å². The molecule has 1 saturated carbocycles. The quantitative estimate of drug-likeness (QED) is 0.337. The number of aromatic nitrogens is 7. The molecular weight excluding hydrogens is 511 g/mol. The van der Waals surface area contributed by atoms with Gasteiger partial charge in [0.15, 0.2) is 5.82 Å². The van der Waals surface area contributed by atoms with Crippen LogP contribution in [0.4, 0.5) is 4.39 Å². The summed E-state index contributed by atoms with van der Waals surface area (Å²) < 4.78 is 49.2. The molecule has 11 nitrogen and oxygen atoms in total. The predicted octanol–water partition coefficient (Wildman–Crippen LogP) is 2.65. The molecule has 5 aromatic rings. The zero-order valence-electron chi connectivity index (χ0n) is 20.8. The molecule has 0 bridgehead atoms. The fourth-order valence-electron chi connectivity index (χ4n) is 6.09. The van der Waals surface area contributed by atoms with Gasteiger partial charge in [-0.3, -0.25) is 0 Å². The number of piperidine rings is 1. The van der Waals surface area contributed by atoms with E-state index in [1.165, 1.54) is 27.4 Å². The molecule has 0 amide bonds. The molecule has 0 radical (unpaired) electrons. The number of hydrogen-bond donors (Lipinski definition) is 0. The monoisotopic (exact) mass is 534 g/mol. The largest absolute Gasteiger partial charge is 0.339 e. The molecule has 0 spiro atoms. The van der Waals surface area contributed by atoms with Crippen LogP contribution in [0.2, 0.25) is 0 Å². The Balaban J connectivity index is 1.33. The Hall–Kier alpha value is -3.97. The van der Waals surface area contributed by atoms with Gasteiger partial charge in [0.2, 0.25) is 10.9 Å². The summed E-state index contributed by atoms with van der Waals surface area (Å²) in [6.07, 6.45) is 3.04. The van der Waals surface area contributed by atoms with Gasteiger partial charge in [-0.25, -0.2) is 17.5 Å². The van der Waals surface area contributed by atoms with Gasteiger partial charge in [0.1, 0.15) is 5.82 Å². The molecule has 2 aromatic carbocycles. The lowest BCUT2D eigenvalue weighted by atomic mass is 9.88.